The summed E-state index contributed by atoms with van der Waals surface area (Å²) >= 11 is 0. The molecule has 0 amide bonds. The fourth-order valence-corrected chi connectivity index (χ4v) is 2.72. The summed E-state index contributed by atoms with van der Waals surface area (Å²) < 4.78 is 5.18. The van der Waals surface area contributed by atoms with Crippen molar-refractivity contribution >= 4 is 11.9 Å². The van der Waals surface area contributed by atoms with Gasteiger partial charge in [-0.2, -0.15) is 0 Å². The highest BCUT2D eigenvalue weighted by Crippen LogP contribution is 2.48. The molecule has 0 aromatic heterocycles. The maximum atomic E-state index is 12.0. The van der Waals surface area contributed by atoms with Crippen LogP contribution in [0.1, 0.15) is 27.2 Å². The zero-order valence-corrected chi connectivity index (χ0v) is 10.9. The zero-order valence-electron chi connectivity index (χ0n) is 10.9. The van der Waals surface area contributed by atoms with Crippen molar-refractivity contribution in [2.24, 2.45) is 17.8 Å². The van der Waals surface area contributed by atoms with Crippen molar-refractivity contribution in [2.45, 2.75) is 27.2 Å². The molecule has 0 saturated heterocycles. The molecule has 98 valence electrons. The molecular formula is C14H18O4. The van der Waals surface area contributed by atoms with E-state index in [0.717, 1.165) is 5.57 Å². The second-order valence-electron chi connectivity index (χ2n) is 5.43. The number of carbonyl (C=O) groups excluding carboxylic acids is 1. The Morgan fingerprint density at radius 2 is 2.11 bits per heavy atom. The Morgan fingerprint density at radius 1 is 1.44 bits per heavy atom. The summed E-state index contributed by atoms with van der Waals surface area (Å²) in [6.07, 6.45) is 2.66. The van der Waals surface area contributed by atoms with Crippen molar-refractivity contribution in [3.8, 4) is 0 Å². The lowest BCUT2D eigenvalue weighted by Crippen LogP contribution is -2.20. The number of carboxylic acids is 1. The summed E-state index contributed by atoms with van der Waals surface area (Å²) in [6, 6.07) is 0. The summed E-state index contributed by atoms with van der Waals surface area (Å²) in [7, 11) is 0. The Morgan fingerprint density at radius 3 is 2.67 bits per heavy atom. The minimum Gasteiger partial charge on any atom is -0.478 e. The largest absolute Gasteiger partial charge is 0.478 e. The van der Waals surface area contributed by atoms with E-state index in [-0.39, 0.29) is 23.3 Å². The van der Waals surface area contributed by atoms with Gasteiger partial charge in [0, 0.05) is 11.8 Å². The lowest BCUT2D eigenvalue weighted by Gasteiger charge is -2.16. The van der Waals surface area contributed by atoms with E-state index in [1.54, 1.807) is 0 Å². The molecule has 0 heterocycles. The molecule has 2 aliphatic carbocycles. The van der Waals surface area contributed by atoms with Gasteiger partial charge in [0.25, 0.3) is 0 Å². The molecule has 2 bridgehead atoms. The minimum absolute atomic E-state index is 0.0548. The monoisotopic (exact) mass is 250 g/mol. The number of carboxylic acid groups (broad SMARTS) is 1. The van der Waals surface area contributed by atoms with Crippen LogP contribution >= 0.6 is 0 Å². The minimum atomic E-state index is -0.997. The Bertz CT molecular complexity index is 456. The number of fused-ring (bicyclic) bond motifs is 2. The van der Waals surface area contributed by atoms with Crippen molar-refractivity contribution in [2.75, 3.05) is 6.61 Å². The van der Waals surface area contributed by atoms with Crippen LogP contribution in [0, 0.1) is 17.8 Å². The highest BCUT2D eigenvalue weighted by Gasteiger charge is 2.44. The maximum absolute atomic E-state index is 12.0. The number of rotatable bonds is 4. The highest BCUT2D eigenvalue weighted by atomic mass is 16.5. The predicted octanol–water partition coefficient (Wildman–Crippen LogP) is 2.16. The molecule has 2 aliphatic rings. The fraction of sp³-hybridized carbons (Fsp3) is 0.571. The van der Waals surface area contributed by atoms with Crippen molar-refractivity contribution in [3.63, 3.8) is 0 Å². The van der Waals surface area contributed by atoms with Crippen LogP contribution in [0.2, 0.25) is 0 Å². The summed E-state index contributed by atoms with van der Waals surface area (Å²) in [5, 5.41) is 9.22. The van der Waals surface area contributed by atoms with Gasteiger partial charge in [-0.25, -0.2) is 9.59 Å². The van der Waals surface area contributed by atoms with E-state index < -0.39 is 11.9 Å². The van der Waals surface area contributed by atoms with Crippen LogP contribution in [0.15, 0.2) is 22.8 Å². The first kappa shape index (κ1) is 12.9. The van der Waals surface area contributed by atoms with Crippen molar-refractivity contribution < 1.29 is 19.4 Å². The number of allylic oxidation sites excluding steroid dienone is 2. The molecule has 0 aliphatic heterocycles. The molecule has 2 atom stereocenters. The molecule has 0 aromatic rings. The van der Waals surface area contributed by atoms with Crippen LogP contribution in [-0.2, 0) is 14.3 Å². The van der Waals surface area contributed by atoms with Gasteiger partial charge in [0.1, 0.15) is 0 Å². The third kappa shape index (κ3) is 2.07. The molecule has 0 aromatic carbocycles. The van der Waals surface area contributed by atoms with E-state index in [4.69, 9.17) is 4.74 Å². The number of esters is 1. The molecule has 0 spiro atoms. The molecule has 1 N–H and O–H groups in total. The third-order valence-corrected chi connectivity index (χ3v) is 3.51. The van der Waals surface area contributed by atoms with Gasteiger partial charge in [-0.15, -0.1) is 0 Å². The van der Waals surface area contributed by atoms with Gasteiger partial charge in [0.2, 0.25) is 0 Å². The van der Waals surface area contributed by atoms with Gasteiger partial charge in [0.05, 0.1) is 17.8 Å². The predicted molar refractivity (Wildman–Crippen MR) is 65.8 cm³/mol. The topological polar surface area (TPSA) is 63.6 Å². The third-order valence-electron chi connectivity index (χ3n) is 3.51. The number of ether oxygens (including phenoxy) is 1. The number of hydrogen-bond donors (Lipinski definition) is 1. The zero-order chi connectivity index (χ0) is 13.4. The normalized spacial score (nSPS) is 25.7. The van der Waals surface area contributed by atoms with E-state index in [1.807, 2.05) is 26.8 Å². The highest BCUT2D eigenvalue weighted by molar-refractivity contribution is 6.02. The first-order valence-corrected chi connectivity index (χ1v) is 6.24. The smallest absolute Gasteiger partial charge is 0.335 e. The first-order chi connectivity index (χ1) is 8.41. The molecule has 4 heteroatoms. The molecular weight excluding hydrogens is 232 g/mol. The van der Waals surface area contributed by atoms with Crippen LogP contribution in [0.3, 0.4) is 0 Å². The fourth-order valence-electron chi connectivity index (χ4n) is 2.72. The number of aliphatic carboxylic acids is 1. The van der Waals surface area contributed by atoms with E-state index in [0.29, 0.717) is 18.6 Å². The molecule has 2 rings (SSSR count). The molecule has 0 saturated carbocycles. The van der Waals surface area contributed by atoms with Gasteiger partial charge in [0.15, 0.2) is 0 Å². The summed E-state index contributed by atoms with van der Waals surface area (Å²) in [4.78, 5) is 23.3. The second kappa shape index (κ2) is 4.59. The molecule has 0 radical (unpaired) electrons. The Labute approximate surface area is 106 Å². The van der Waals surface area contributed by atoms with E-state index in [1.165, 1.54) is 0 Å². The summed E-state index contributed by atoms with van der Waals surface area (Å²) in [6.45, 7) is 6.17. The van der Waals surface area contributed by atoms with Gasteiger partial charge in [-0.1, -0.05) is 25.5 Å². The van der Waals surface area contributed by atoms with Crippen molar-refractivity contribution in [1.29, 1.82) is 0 Å². The van der Waals surface area contributed by atoms with Crippen LogP contribution in [0.25, 0.3) is 0 Å². The number of hydrogen-bond acceptors (Lipinski definition) is 3. The van der Waals surface area contributed by atoms with Crippen molar-refractivity contribution in [3.05, 3.63) is 22.8 Å². The maximum Gasteiger partial charge on any atom is 0.335 e. The Hall–Kier alpha value is -1.58. The SMILES string of the molecule is CC1=CC2CC1C(C(=O)OCC(C)C)=C2C(=O)O. The van der Waals surface area contributed by atoms with E-state index in [2.05, 4.69) is 0 Å². The quantitative estimate of drug-likeness (QED) is 0.613. The molecule has 2 unspecified atom stereocenters. The number of carbonyl (C=O) groups is 2. The average molecular weight is 250 g/mol. The lowest BCUT2D eigenvalue weighted by molar-refractivity contribution is -0.141. The second-order valence-corrected chi connectivity index (χ2v) is 5.43. The molecule has 18 heavy (non-hydrogen) atoms. The molecule has 4 nitrogen and oxygen atoms in total. The van der Waals surface area contributed by atoms with Crippen molar-refractivity contribution in [1.82, 2.24) is 0 Å². The first-order valence-electron chi connectivity index (χ1n) is 6.24. The van der Waals surface area contributed by atoms with Crippen LogP contribution in [0.5, 0.6) is 0 Å². The van der Waals surface area contributed by atoms with Gasteiger partial charge < -0.3 is 9.84 Å². The standard InChI is InChI=1S/C14H18O4/c1-7(2)6-18-14(17)12-10-5-9(4-8(10)3)11(12)13(15)16/h4,7,9-10H,5-6H2,1-3H3,(H,15,16). The van der Waals surface area contributed by atoms with E-state index in [9.17, 15) is 14.7 Å². The Balaban J connectivity index is 2.23. The Kier molecular flexibility index (Phi) is 3.28. The van der Waals surface area contributed by atoms with Gasteiger partial charge >= 0.3 is 11.9 Å². The summed E-state index contributed by atoms with van der Waals surface area (Å²) in [5.74, 6) is -1.38. The lowest BCUT2D eigenvalue weighted by atomic mass is 9.92. The average Bonchev–Trinajstić information content (AvgIpc) is 2.81. The summed E-state index contributed by atoms with van der Waals surface area (Å²) in [5.41, 5.74) is 1.69. The van der Waals surface area contributed by atoms with Crippen LogP contribution < -0.4 is 0 Å². The van der Waals surface area contributed by atoms with Crippen LogP contribution in [-0.4, -0.2) is 23.7 Å². The van der Waals surface area contributed by atoms with Gasteiger partial charge in [-0.3, -0.25) is 0 Å². The van der Waals surface area contributed by atoms with Crippen LogP contribution in [0.4, 0.5) is 0 Å². The van der Waals surface area contributed by atoms with Gasteiger partial charge in [-0.05, 0) is 19.3 Å². The van der Waals surface area contributed by atoms with E-state index >= 15 is 0 Å². The molecule has 0 fully saturated rings.